The maximum Gasteiger partial charge on any atom is 0.326 e. The van der Waals surface area contributed by atoms with Gasteiger partial charge in [0.1, 0.15) is 11.8 Å². The number of nitrogens with zero attached hydrogens (tertiary/aromatic N) is 3. The molecule has 1 aliphatic rings. The van der Waals surface area contributed by atoms with Crippen LogP contribution >= 0.6 is 35.0 Å². The SMILES string of the molecule is COc1ccc(Cn2cnc(CC(NC(=O)C3CCN(C(=O)C=Cc4ccc(SC)c(Cl)c4Cl)CC3)C(=O)O)c2)cc1. The number of carboxylic acid groups (broad SMARTS) is 1. The van der Waals surface area contributed by atoms with Gasteiger partial charge in [-0.2, -0.15) is 0 Å². The highest BCUT2D eigenvalue weighted by molar-refractivity contribution is 7.98. The molecule has 2 heterocycles. The van der Waals surface area contributed by atoms with E-state index in [-0.39, 0.29) is 24.2 Å². The van der Waals surface area contributed by atoms with Gasteiger partial charge in [0.2, 0.25) is 11.8 Å². The second-order valence-corrected chi connectivity index (χ2v) is 11.5. The lowest BCUT2D eigenvalue weighted by atomic mass is 9.95. The molecule has 2 N–H and O–H groups in total. The molecule has 1 fully saturated rings. The number of halogens is 2. The third-order valence-corrected chi connectivity index (χ3v) is 8.91. The standard InChI is InChI=1S/C30H32Cl2N4O5S/c1-41-23-7-3-19(4-8-23)16-35-17-22(33-18-35)15-24(30(39)40)34-29(38)21-11-13-36(14-12-21)26(37)10-6-20-5-9-25(42-2)28(32)27(20)31/h3-10,17-18,21,24H,11-16H2,1-2H3,(H,34,38)(H,39,40). The third-order valence-electron chi connectivity index (χ3n) is 7.12. The first-order chi connectivity index (χ1) is 20.2. The number of amides is 2. The van der Waals surface area contributed by atoms with Crippen LogP contribution in [0.4, 0.5) is 0 Å². The Hall–Kier alpha value is -3.47. The molecule has 3 aromatic rings. The summed E-state index contributed by atoms with van der Waals surface area (Å²) in [6.07, 6.45) is 9.34. The highest BCUT2D eigenvalue weighted by Gasteiger charge is 2.30. The van der Waals surface area contributed by atoms with E-state index in [0.717, 1.165) is 16.2 Å². The van der Waals surface area contributed by atoms with E-state index in [4.69, 9.17) is 27.9 Å². The molecule has 1 aromatic heterocycles. The Kier molecular flexibility index (Phi) is 11.0. The summed E-state index contributed by atoms with van der Waals surface area (Å²) >= 11 is 14.1. The normalized spacial score (nSPS) is 14.6. The van der Waals surface area contributed by atoms with E-state index in [9.17, 15) is 19.5 Å². The Morgan fingerprint density at radius 1 is 1.14 bits per heavy atom. The van der Waals surface area contributed by atoms with Crippen LogP contribution in [-0.4, -0.2) is 69.8 Å². The molecule has 2 aromatic carbocycles. The van der Waals surface area contributed by atoms with E-state index in [1.807, 2.05) is 47.2 Å². The quantitative estimate of drug-likeness (QED) is 0.225. The number of nitrogens with one attached hydrogen (secondary N) is 1. The van der Waals surface area contributed by atoms with Crippen molar-refractivity contribution in [1.29, 1.82) is 0 Å². The van der Waals surface area contributed by atoms with Gasteiger partial charge >= 0.3 is 5.97 Å². The molecule has 42 heavy (non-hydrogen) atoms. The number of carboxylic acids is 1. The van der Waals surface area contributed by atoms with Crippen molar-refractivity contribution < 1.29 is 24.2 Å². The number of hydrogen-bond acceptors (Lipinski definition) is 6. The molecule has 0 aliphatic carbocycles. The Bertz CT molecular complexity index is 1450. The molecule has 0 bridgehead atoms. The van der Waals surface area contributed by atoms with Gasteiger partial charge in [0.05, 0.1) is 29.2 Å². The number of aliphatic carboxylic acids is 1. The van der Waals surface area contributed by atoms with Gasteiger partial charge in [-0.1, -0.05) is 41.4 Å². The summed E-state index contributed by atoms with van der Waals surface area (Å²) in [4.78, 5) is 44.5. The van der Waals surface area contributed by atoms with Crippen molar-refractivity contribution in [2.75, 3.05) is 26.5 Å². The molecule has 1 unspecified atom stereocenters. The minimum atomic E-state index is -1.13. The first kappa shape index (κ1) is 31.5. The van der Waals surface area contributed by atoms with Crippen LogP contribution in [0.1, 0.15) is 29.7 Å². The summed E-state index contributed by atoms with van der Waals surface area (Å²) in [5.41, 5.74) is 2.25. The van der Waals surface area contributed by atoms with Crippen LogP contribution < -0.4 is 10.1 Å². The van der Waals surface area contributed by atoms with Gasteiger partial charge in [-0.3, -0.25) is 9.59 Å². The van der Waals surface area contributed by atoms with Crippen molar-refractivity contribution in [2.24, 2.45) is 5.92 Å². The van der Waals surface area contributed by atoms with Crippen LogP contribution in [0.2, 0.25) is 10.0 Å². The summed E-state index contributed by atoms with van der Waals surface area (Å²) in [6, 6.07) is 10.2. The first-order valence-corrected chi connectivity index (χ1v) is 15.3. The summed E-state index contributed by atoms with van der Waals surface area (Å²) < 4.78 is 7.04. The predicted molar refractivity (Wildman–Crippen MR) is 164 cm³/mol. The number of methoxy groups -OCH3 is 1. The summed E-state index contributed by atoms with van der Waals surface area (Å²) in [5, 5.41) is 13.3. The first-order valence-electron chi connectivity index (χ1n) is 13.3. The van der Waals surface area contributed by atoms with Crippen molar-refractivity contribution in [3.8, 4) is 5.75 Å². The molecule has 0 saturated carbocycles. The number of thioether (sulfide) groups is 1. The molecular weight excluding hydrogens is 599 g/mol. The number of carbonyl (C=O) groups excluding carboxylic acids is 2. The fourth-order valence-electron chi connectivity index (χ4n) is 4.70. The van der Waals surface area contributed by atoms with Crippen LogP contribution in [0.15, 0.2) is 59.9 Å². The topological polar surface area (TPSA) is 114 Å². The maximum absolute atomic E-state index is 13.0. The van der Waals surface area contributed by atoms with E-state index < -0.39 is 12.0 Å². The van der Waals surface area contributed by atoms with Gasteiger partial charge in [0.15, 0.2) is 0 Å². The van der Waals surface area contributed by atoms with Gasteiger partial charge in [0, 0.05) is 49.1 Å². The Morgan fingerprint density at radius 3 is 2.50 bits per heavy atom. The number of aromatic nitrogens is 2. The molecule has 12 heteroatoms. The van der Waals surface area contributed by atoms with Gasteiger partial charge < -0.3 is 24.6 Å². The molecule has 2 amide bonds. The zero-order chi connectivity index (χ0) is 30.2. The molecule has 0 radical (unpaired) electrons. The van der Waals surface area contributed by atoms with Gasteiger partial charge in [-0.15, -0.1) is 11.8 Å². The molecule has 1 atom stereocenters. The van der Waals surface area contributed by atoms with Crippen LogP contribution in [-0.2, 0) is 27.3 Å². The summed E-state index contributed by atoms with van der Waals surface area (Å²) in [5.74, 6) is -1.28. The molecule has 4 rings (SSSR count). The van der Waals surface area contributed by atoms with Crippen molar-refractivity contribution in [3.05, 3.63) is 81.9 Å². The fraction of sp³-hybridized carbons (Fsp3) is 0.333. The molecule has 1 aliphatic heterocycles. The van der Waals surface area contributed by atoms with Crippen molar-refractivity contribution in [2.45, 2.75) is 36.7 Å². The number of carbonyl (C=O) groups is 3. The molecule has 1 saturated heterocycles. The number of rotatable bonds is 11. The van der Waals surface area contributed by atoms with Crippen molar-refractivity contribution >= 4 is 58.8 Å². The zero-order valence-electron chi connectivity index (χ0n) is 23.3. The second-order valence-electron chi connectivity index (χ2n) is 9.91. The highest BCUT2D eigenvalue weighted by atomic mass is 35.5. The number of likely N-dealkylation sites (tertiary alicyclic amines) is 1. The summed E-state index contributed by atoms with van der Waals surface area (Å²) in [6.45, 7) is 1.34. The van der Waals surface area contributed by atoms with Crippen LogP contribution in [0.3, 0.4) is 0 Å². The lowest BCUT2D eigenvalue weighted by Gasteiger charge is -2.31. The smallest absolute Gasteiger partial charge is 0.326 e. The van der Waals surface area contributed by atoms with E-state index in [1.165, 1.54) is 17.8 Å². The highest BCUT2D eigenvalue weighted by Crippen LogP contribution is 2.35. The van der Waals surface area contributed by atoms with Gasteiger partial charge in [-0.25, -0.2) is 9.78 Å². The Morgan fingerprint density at radius 2 is 1.86 bits per heavy atom. The lowest BCUT2D eigenvalue weighted by molar-refractivity contribution is -0.142. The molecule has 222 valence electrons. The maximum atomic E-state index is 13.0. The van der Waals surface area contributed by atoms with E-state index in [2.05, 4.69) is 10.3 Å². The lowest BCUT2D eigenvalue weighted by Crippen LogP contribution is -2.48. The van der Waals surface area contributed by atoms with E-state index in [1.54, 1.807) is 30.6 Å². The average molecular weight is 632 g/mol. The zero-order valence-corrected chi connectivity index (χ0v) is 25.6. The predicted octanol–water partition coefficient (Wildman–Crippen LogP) is 5.03. The molecule has 0 spiro atoms. The minimum absolute atomic E-state index is 0.0588. The average Bonchev–Trinajstić information content (AvgIpc) is 3.44. The summed E-state index contributed by atoms with van der Waals surface area (Å²) in [7, 11) is 1.61. The molecule has 9 nitrogen and oxygen atoms in total. The van der Waals surface area contributed by atoms with E-state index in [0.29, 0.717) is 53.8 Å². The van der Waals surface area contributed by atoms with Gasteiger partial charge in [-0.05, 0) is 54.5 Å². The fourth-order valence-corrected chi connectivity index (χ4v) is 5.87. The van der Waals surface area contributed by atoms with Crippen molar-refractivity contribution in [3.63, 3.8) is 0 Å². The second kappa shape index (κ2) is 14.6. The van der Waals surface area contributed by atoms with Crippen LogP contribution in [0, 0.1) is 5.92 Å². The van der Waals surface area contributed by atoms with Crippen LogP contribution in [0.25, 0.3) is 6.08 Å². The number of hydrogen-bond donors (Lipinski definition) is 2. The Labute approximate surface area is 258 Å². The molecular formula is C30H32Cl2N4O5S. The van der Waals surface area contributed by atoms with Gasteiger partial charge in [0.25, 0.3) is 0 Å². The number of benzene rings is 2. The number of piperidine rings is 1. The third kappa shape index (κ3) is 8.08. The monoisotopic (exact) mass is 630 g/mol. The largest absolute Gasteiger partial charge is 0.497 e. The Balaban J connectivity index is 1.27. The number of imidazole rings is 1. The number of ether oxygens (including phenoxy) is 1. The van der Waals surface area contributed by atoms with Crippen LogP contribution in [0.5, 0.6) is 5.75 Å². The minimum Gasteiger partial charge on any atom is -0.497 e. The van der Waals surface area contributed by atoms with E-state index >= 15 is 0 Å². The van der Waals surface area contributed by atoms with Crippen molar-refractivity contribution in [1.82, 2.24) is 19.8 Å².